The van der Waals surface area contributed by atoms with Gasteiger partial charge < -0.3 is 23.5 Å². The SMILES string of the molecule is CCOc1c(CON(CC)c2ccccc2)cc2ccc3c4cc(Cl)ccc4n(CC)c3c2c1N=Nc1ccc2c(c1)C(=O)c1cc(N=Nc3c(OCC)c(C(=O)N(CC)c4ccccc4)cc4ccc5c6cc(Cl)ccc6n(CC)c5c34)ccc1-2. The number of aromatic nitrogens is 2. The van der Waals surface area contributed by atoms with Crippen molar-refractivity contribution < 1.29 is 23.9 Å². The second-order valence-electron chi connectivity index (χ2n) is 21.0. The molecule has 0 spiro atoms. The number of nitrogens with zero attached hydrogens (tertiary/aromatic N) is 8. The first-order chi connectivity index (χ1) is 42.0. The predicted octanol–water partition coefficient (Wildman–Crippen LogP) is 20.0. The van der Waals surface area contributed by atoms with Gasteiger partial charge in [-0.15, -0.1) is 10.2 Å². The Morgan fingerprint density at radius 3 is 1.52 bits per heavy atom. The van der Waals surface area contributed by atoms with Crippen LogP contribution in [0, 0.1) is 0 Å². The van der Waals surface area contributed by atoms with E-state index in [1.165, 1.54) is 0 Å². The van der Waals surface area contributed by atoms with Crippen LogP contribution in [-0.2, 0) is 24.5 Å². The zero-order chi connectivity index (χ0) is 59.3. The number of halogens is 2. The number of carbonyl (C=O) groups excluding carboxylic acids is 2. The minimum Gasteiger partial charge on any atom is -0.491 e. The fraction of sp³-hybridized carbons (Fsp3) is 0.183. The smallest absolute Gasteiger partial charge is 0.262 e. The number of benzene rings is 10. The van der Waals surface area contributed by atoms with Crippen LogP contribution in [0.25, 0.3) is 76.3 Å². The summed E-state index contributed by atoms with van der Waals surface area (Å²) >= 11 is 13.3. The molecule has 2 aromatic heterocycles. The number of rotatable bonds is 18. The van der Waals surface area contributed by atoms with Gasteiger partial charge in [0.05, 0.1) is 46.9 Å². The van der Waals surface area contributed by atoms with E-state index in [1.54, 1.807) is 17.0 Å². The second-order valence-corrected chi connectivity index (χ2v) is 21.9. The van der Waals surface area contributed by atoms with Gasteiger partial charge in [-0.2, -0.15) is 10.2 Å². The molecule has 0 radical (unpaired) electrons. The maximum atomic E-state index is 14.9. The van der Waals surface area contributed by atoms with Crippen molar-refractivity contribution in [1.82, 2.24) is 9.13 Å². The quantitative estimate of drug-likeness (QED) is 0.0622. The number of hydrogen-bond donors (Lipinski definition) is 0. The molecule has 1 amide bonds. The van der Waals surface area contributed by atoms with E-state index in [1.807, 2.05) is 160 Å². The Morgan fingerprint density at radius 1 is 0.500 bits per heavy atom. The summed E-state index contributed by atoms with van der Waals surface area (Å²) in [6, 6.07) is 55.0. The third kappa shape index (κ3) is 9.56. The molecule has 13 nitrogen and oxygen atoms in total. The highest BCUT2D eigenvalue weighted by Gasteiger charge is 2.30. The maximum absolute atomic E-state index is 14.9. The van der Waals surface area contributed by atoms with Crippen LogP contribution in [0.2, 0.25) is 10.0 Å². The largest absolute Gasteiger partial charge is 0.491 e. The van der Waals surface area contributed by atoms with Crippen molar-refractivity contribution in [2.24, 2.45) is 20.5 Å². The summed E-state index contributed by atoms with van der Waals surface area (Å²) in [6.07, 6.45) is 0. The monoisotopic (exact) mass is 1170 g/mol. The number of ketones is 1. The van der Waals surface area contributed by atoms with Gasteiger partial charge in [0.25, 0.3) is 5.91 Å². The number of para-hydroxylation sites is 2. The fourth-order valence-corrected chi connectivity index (χ4v) is 12.8. The predicted molar refractivity (Wildman–Crippen MR) is 349 cm³/mol. The van der Waals surface area contributed by atoms with Crippen LogP contribution in [0.4, 0.5) is 34.1 Å². The second kappa shape index (κ2) is 23.2. The van der Waals surface area contributed by atoms with E-state index >= 15 is 0 Å². The minimum absolute atomic E-state index is 0.183. The van der Waals surface area contributed by atoms with Gasteiger partial charge in [-0.05, 0) is 161 Å². The van der Waals surface area contributed by atoms with Crippen LogP contribution >= 0.6 is 23.2 Å². The molecule has 0 saturated heterocycles. The average molecular weight is 1180 g/mol. The number of azo groups is 2. The lowest BCUT2D eigenvalue weighted by Crippen LogP contribution is -2.31. The van der Waals surface area contributed by atoms with Gasteiger partial charge in [-0.1, -0.05) is 96.0 Å². The van der Waals surface area contributed by atoms with Gasteiger partial charge in [-0.3, -0.25) is 19.5 Å². The number of anilines is 2. The van der Waals surface area contributed by atoms with E-state index in [0.29, 0.717) is 93.8 Å². The molecule has 428 valence electrons. The molecular formula is C71H60Cl2N8O5. The summed E-state index contributed by atoms with van der Waals surface area (Å²) in [5.41, 5.74) is 11.1. The molecule has 1 aliphatic rings. The first kappa shape index (κ1) is 55.8. The number of aryl methyl sites for hydroxylation is 2. The third-order valence-corrected chi connectivity index (χ3v) is 16.7. The molecule has 13 rings (SSSR count). The van der Waals surface area contributed by atoms with Crippen LogP contribution in [0.15, 0.2) is 190 Å². The third-order valence-electron chi connectivity index (χ3n) is 16.2. The Morgan fingerprint density at radius 2 is 1.01 bits per heavy atom. The zero-order valence-corrected chi connectivity index (χ0v) is 50.0. The fourth-order valence-electron chi connectivity index (χ4n) is 12.5. The molecule has 12 aromatic rings. The summed E-state index contributed by atoms with van der Waals surface area (Å²) in [6.45, 7) is 15.2. The van der Waals surface area contributed by atoms with Crippen LogP contribution in [0.5, 0.6) is 11.5 Å². The Balaban J connectivity index is 0.905. The van der Waals surface area contributed by atoms with Gasteiger partial charge in [-0.25, -0.2) is 0 Å². The molecule has 86 heavy (non-hydrogen) atoms. The average Bonchev–Trinajstić information content (AvgIpc) is 1.54. The maximum Gasteiger partial charge on any atom is 0.262 e. The first-order valence-corrected chi connectivity index (χ1v) is 30.0. The number of carbonyl (C=O) groups is 2. The molecule has 0 fully saturated rings. The molecule has 0 aliphatic heterocycles. The molecule has 0 N–H and O–H groups in total. The minimum atomic E-state index is -0.240. The number of amides is 1. The summed E-state index contributed by atoms with van der Waals surface area (Å²) < 4.78 is 17.7. The Labute approximate surface area is 507 Å². The van der Waals surface area contributed by atoms with E-state index < -0.39 is 0 Å². The Hall–Kier alpha value is -9.40. The number of ether oxygens (including phenoxy) is 2. The first-order valence-electron chi connectivity index (χ1n) is 29.2. The molecular weight excluding hydrogens is 1120 g/mol. The van der Waals surface area contributed by atoms with Gasteiger partial charge in [0.15, 0.2) is 17.3 Å². The molecule has 0 atom stereocenters. The highest BCUT2D eigenvalue weighted by molar-refractivity contribution is 6.33. The number of hydroxylamine groups is 1. The van der Waals surface area contributed by atoms with Gasteiger partial charge in [0.2, 0.25) is 0 Å². The molecule has 0 unspecified atom stereocenters. The lowest BCUT2D eigenvalue weighted by atomic mass is 9.99. The standard InChI is InChI=1S/C71H60Cl2N8O5/c1-7-78(49-19-15-13-16-20-49)71(83)59-36-43-24-30-54-56-38-46(73)26-34-61(56)80(9-3)67(54)63(43)65(70(59)85-12-6)77-75-48-28-32-52-51-31-27-47(39-57(51)68(82)58(52)40-48)74-76-64-62-42(23-29-53-55-37-45(72)25-33-60(55)79(8-2)66(53)62)35-44(69(64)84-11-5)41-86-81(10-4)50-21-17-14-18-22-50/h13-40H,7-12,41H2,1-6H3. The van der Waals surface area contributed by atoms with Gasteiger partial charge >= 0.3 is 0 Å². The van der Waals surface area contributed by atoms with E-state index in [9.17, 15) is 9.59 Å². The summed E-state index contributed by atoms with van der Waals surface area (Å²) in [7, 11) is 0. The Kier molecular flexibility index (Phi) is 15.1. The van der Waals surface area contributed by atoms with Crippen LogP contribution < -0.4 is 19.4 Å². The normalized spacial score (nSPS) is 12.3. The summed E-state index contributed by atoms with van der Waals surface area (Å²) in [4.78, 5) is 38.0. The number of hydrogen-bond acceptors (Lipinski definition) is 10. The topological polar surface area (TPSA) is 128 Å². The Bertz CT molecular complexity index is 4770. The molecule has 1 aliphatic carbocycles. The van der Waals surface area contributed by atoms with Gasteiger partial charge in [0.1, 0.15) is 18.0 Å². The van der Waals surface area contributed by atoms with Crippen molar-refractivity contribution in [2.45, 2.75) is 61.2 Å². The lowest BCUT2D eigenvalue weighted by Gasteiger charge is -2.23. The van der Waals surface area contributed by atoms with Crippen LogP contribution in [0.3, 0.4) is 0 Å². The van der Waals surface area contributed by atoms with Crippen molar-refractivity contribution in [3.8, 4) is 22.6 Å². The van der Waals surface area contributed by atoms with Crippen LogP contribution in [-0.4, -0.2) is 47.1 Å². The lowest BCUT2D eigenvalue weighted by molar-refractivity contribution is 0.0953. The van der Waals surface area contributed by atoms with Gasteiger partial charge in [0, 0.05) is 102 Å². The van der Waals surface area contributed by atoms with E-state index in [2.05, 4.69) is 53.3 Å². The van der Waals surface area contributed by atoms with Crippen LogP contribution in [0.1, 0.15) is 73.4 Å². The van der Waals surface area contributed by atoms with Crippen molar-refractivity contribution in [2.75, 3.05) is 36.3 Å². The van der Waals surface area contributed by atoms with E-state index in [-0.39, 0.29) is 24.9 Å². The van der Waals surface area contributed by atoms with Crippen molar-refractivity contribution in [3.05, 3.63) is 202 Å². The number of fused-ring (bicyclic) bond motifs is 13. The molecule has 10 aromatic carbocycles. The molecule has 2 heterocycles. The summed E-state index contributed by atoms with van der Waals surface area (Å²) in [5.74, 6) is 0.435. The highest BCUT2D eigenvalue weighted by atomic mass is 35.5. The van der Waals surface area contributed by atoms with E-state index in [0.717, 1.165) is 93.2 Å². The van der Waals surface area contributed by atoms with Crippen molar-refractivity contribution in [1.29, 1.82) is 0 Å². The zero-order valence-electron chi connectivity index (χ0n) is 48.5. The van der Waals surface area contributed by atoms with Crippen molar-refractivity contribution >= 4 is 134 Å². The summed E-state index contributed by atoms with van der Waals surface area (Å²) in [5, 5.41) is 30.5. The van der Waals surface area contributed by atoms with E-state index in [4.69, 9.17) is 58.0 Å². The molecule has 15 heteroatoms. The molecule has 0 saturated carbocycles. The highest BCUT2D eigenvalue weighted by Crippen LogP contribution is 2.50. The molecule has 0 bridgehead atoms. The van der Waals surface area contributed by atoms with Crippen molar-refractivity contribution in [3.63, 3.8) is 0 Å².